The van der Waals surface area contributed by atoms with E-state index in [-0.39, 0.29) is 0 Å². The summed E-state index contributed by atoms with van der Waals surface area (Å²) in [4.78, 5) is 4.05. The third-order valence-corrected chi connectivity index (χ3v) is 3.32. The monoisotopic (exact) mass is 273 g/mol. The Morgan fingerprint density at radius 1 is 1.21 bits per heavy atom. The molecule has 5 heteroatoms. The van der Waals surface area contributed by atoms with E-state index in [1.165, 1.54) is 0 Å². The number of fused-ring (bicyclic) bond motifs is 1. The molecule has 19 heavy (non-hydrogen) atoms. The summed E-state index contributed by atoms with van der Waals surface area (Å²) < 4.78 is 7.05. The molecule has 0 bridgehead atoms. The fraction of sp³-hybridized carbons (Fsp3) is 0.143. The second-order valence-electron chi connectivity index (χ2n) is 4.18. The second kappa shape index (κ2) is 4.90. The van der Waals surface area contributed by atoms with Gasteiger partial charge in [0.25, 0.3) is 0 Å². The zero-order chi connectivity index (χ0) is 13.2. The Morgan fingerprint density at radius 3 is 2.74 bits per heavy atom. The summed E-state index contributed by atoms with van der Waals surface area (Å²) in [6.07, 6.45) is 3.44. The third-order valence-electron chi connectivity index (χ3n) is 3.01. The van der Waals surface area contributed by atoms with Crippen LogP contribution in [0.25, 0.3) is 10.9 Å². The standard InChI is InChI=1S/C14H12ClN3O/c1-19-11-4-2-10(3-5-11)9-18-13-6-7-16-14(15)12(13)8-17-18/h2-8H,9H2,1H3. The summed E-state index contributed by atoms with van der Waals surface area (Å²) >= 11 is 6.03. The van der Waals surface area contributed by atoms with Crippen LogP contribution in [0.4, 0.5) is 0 Å². The quantitative estimate of drug-likeness (QED) is 0.688. The van der Waals surface area contributed by atoms with Crippen molar-refractivity contribution in [1.82, 2.24) is 14.8 Å². The summed E-state index contributed by atoms with van der Waals surface area (Å²) in [7, 11) is 1.66. The van der Waals surface area contributed by atoms with E-state index in [0.717, 1.165) is 22.2 Å². The first-order chi connectivity index (χ1) is 9.28. The SMILES string of the molecule is COc1ccc(Cn2ncc3c(Cl)nccc32)cc1. The molecule has 4 nitrogen and oxygen atoms in total. The zero-order valence-corrected chi connectivity index (χ0v) is 11.1. The van der Waals surface area contributed by atoms with Gasteiger partial charge in [0.2, 0.25) is 0 Å². The third kappa shape index (κ3) is 2.27. The van der Waals surface area contributed by atoms with Gasteiger partial charge in [-0.1, -0.05) is 23.7 Å². The van der Waals surface area contributed by atoms with Crippen LogP contribution in [0, 0.1) is 0 Å². The average Bonchev–Trinajstić information content (AvgIpc) is 2.84. The van der Waals surface area contributed by atoms with E-state index in [2.05, 4.69) is 10.1 Å². The number of nitrogens with zero attached hydrogens (tertiary/aromatic N) is 3. The minimum atomic E-state index is 0.485. The van der Waals surface area contributed by atoms with Gasteiger partial charge in [-0.15, -0.1) is 0 Å². The summed E-state index contributed by atoms with van der Waals surface area (Å²) in [5.41, 5.74) is 2.13. The minimum absolute atomic E-state index is 0.485. The van der Waals surface area contributed by atoms with Gasteiger partial charge in [0.1, 0.15) is 10.9 Å². The van der Waals surface area contributed by atoms with E-state index in [1.807, 2.05) is 35.0 Å². The number of ether oxygens (including phenoxy) is 1. The van der Waals surface area contributed by atoms with Crippen molar-refractivity contribution in [3.8, 4) is 5.75 Å². The second-order valence-corrected chi connectivity index (χ2v) is 4.54. The highest BCUT2D eigenvalue weighted by Crippen LogP contribution is 2.21. The van der Waals surface area contributed by atoms with Gasteiger partial charge in [0.05, 0.1) is 30.8 Å². The van der Waals surface area contributed by atoms with Crippen molar-refractivity contribution in [2.75, 3.05) is 7.11 Å². The molecule has 2 heterocycles. The van der Waals surface area contributed by atoms with E-state index in [4.69, 9.17) is 16.3 Å². The van der Waals surface area contributed by atoms with Crippen molar-refractivity contribution in [3.63, 3.8) is 0 Å². The van der Waals surface area contributed by atoms with Crippen molar-refractivity contribution in [1.29, 1.82) is 0 Å². The summed E-state index contributed by atoms with van der Waals surface area (Å²) in [5.74, 6) is 0.848. The smallest absolute Gasteiger partial charge is 0.139 e. The highest BCUT2D eigenvalue weighted by atomic mass is 35.5. The molecule has 0 saturated carbocycles. The van der Waals surface area contributed by atoms with Crippen LogP contribution >= 0.6 is 11.6 Å². The zero-order valence-electron chi connectivity index (χ0n) is 10.4. The normalized spacial score (nSPS) is 10.8. The lowest BCUT2D eigenvalue weighted by molar-refractivity contribution is 0.414. The molecule has 0 aliphatic rings. The van der Waals surface area contributed by atoms with Crippen LogP contribution in [0.5, 0.6) is 5.75 Å². The Balaban J connectivity index is 1.94. The van der Waals surface area contributed by atoms with E-state index >= 15 is 0 Å². The van der Waals surface area contributed by atoms with Crippen molar-refractivity contribution in [2.45, 2.75) is 6.54 Å². The molecule has 0 unspecified atom stereocenters. The lowest BCUT2D eigenvalue weighted by Crippen LogP contribution is -2.01. The Hall–Kier alpha value is -2.07. The van der Waals surface area contributed by atoms with Crippen LogP contribution in [0.2, 0.25) is 5.15 Å². The van der Waals surface area contributed by atoms with E-state index in [1.54, 1.807) is 19.5 Å². The number of methoxy groups -OCH3 is 1. The number of pyridine rings is 1. The van der Waals surface area contributed by atoms with Crippen LogP contribution in [0.1, 0.15) is 5.56 Å². The van der Waals surface area contributed by atoms with Crippen LogP contribution < -0.4 is 4.74 Å². The van der Waals surface area contributed by atoms with Crippen LogP contribution in [0.3, 0.4) is 0 Å². The predicted molar refractivity (Wildman–Crippen MR) is 74.6 cm³/mol. The van der Waals surface area contributed by atoms with Crippen LogP contribution in [-0.2, 0) is 6.54 Å². The molecular formula is C14H12ClN3O. The lowest BCUT2D eigenvalue weighted by atomic mass is 10.2. The van der Waals surface area contributed by atoms with Gasteiger partial charge in [0.15, 0.2) is 0 Å². The lowest BCUT2D eigenvalue weighted by Gasteiger charge is -2.05. The molecule has 0 N–H and O–H groups in total. The van der Waals surface area contributed by atoms with Crippen molar-refractivity contribution < 1.29 is 4.74 Å². The van der Waals surface area contributed by atoms with E-state index in [0.29, 0.717) is 11.7 Å². The minimum Gasteiger partial charge on any atom is -0.497 e. The molecule has 0 aliphatic carbocycles. The first-order valence-electron chi connectivity index (χ1n) is 5.87. The van der Waals surface area contributed by atoms with Gasteiger partial charge in [-0.25, -0.2) is 4.98 Å². The van der Waals surface area contributed by atoms with E-state index in [9.17, 15) is 0 Å². The molecule has 1 aromatic carbocycles. The Bertz CT molecular complexity index is 706. The Kier molecular flexibility index (Phi) is 3.09. The summed E-state index contributed by atoms with van der Waals surface area (Å²) in [5, 5.41) is 5.71. The highest BCUT2D eigenvalue weighted by molar-refractivity contribution is 6.34. The number of halogens is 1. The Morgan fingerprint density at radius 2 is 2.00 bits per heavy atom. The molecule has 0 spiro atoms. The number of benzene rings is 1. The molecule has 0 fully saturated rings. The molecule has 0 radical (unpaired) electrons. The topological polar surface area (TPSA) is 39.9 Å². The van der Waals surface area contributed by atoms with Gasteiger partial charge in [-0.05, 0) is 23.8 Å². The molecule has 3 aromatic rings. The summed E-state index contributed by atoms with van der Waals surface area (Å²) in [6.45, 7) is 0.688. The van der Waals surface area contributed by atoms with Crippen molar-refractivity contribution in [2.24, 2.45) is 0 Å². The van der Waals surface area contributed by atoms with Crippen molar-refractivity contribution >= 4 is 22.5 Å². The van der Waals surface area contributed by atoms with Gasteiger partial charge in [0, 0.05) is 6.20 Å². The maximum atomic E-state index is 6.03. The van der Waals surface area contributed by atoms with Crippen LogP contribution in [0.15, 0.2) is 42.7 Å². The molecule has 0 amide bonds. The molecule has 2 aromatic heterocycles. The van der Waals surface area contributed by atoms with Gasteiger partial charge in [-0.2, -0.15) is 5.10 Å². The van der Waals surface area contributed by atoms with Crippen molar-refractivity contribution in [3.05, 3.63) is 53.4 Å². The first-order valence-corrected chi connectivity index (χ1v) is 6.24. The number of hydrogen-bond donors (Lipinski definition) is 0. The fourth-order valence-corrected chi connectivity index (χ4v) is 2.20. The fourth-order valence-electron chi connectivity index (χ4n) is 2.00. The number of aromatic nitrogens is 3. The molecule has 96 valence electrons. The highest BCUT2D eigenvalue weighted by Gasteiger charge is 2.06. The average molecular weight is 274 g/mol. The maximum absolute atomic E-state index is 6.03. The van der Waals surface area contributed by atoms with Gasteiger partial charge >= 0.3 is 0 Å². The van der Waals surface area contributed by atoms with Crippen LogP contribution in [-0.4, -0.2) is 21.9 Å². The number of rotatable bonds is 3. The molecule has 0 aliphatic heterocycles. The molecule has 0 atom stereocenters. The maximum Gasteiger partial charge on any atom is 0.139 e. The molecule has 0 saturated heterocycles. The first kappa shape index (κ1) is 12.0. The number of hydrogen-bond acceptors (Lipinski definition) is 3. The van der Waals surface area contributed by atoms with E-state index < -0.39 is 0 Å². The molecule has 3 rings (SSSR count). The van der Waals surface area contributed by atoms with Gasteiger partial charge < -0.3 is 4.74 Å². The predicted octanol–water partition coefficient (Wildman–Crippen LogP) is 3.14. The largest absolute Gasteiger partial charge is 0.497 e. The summed E-state index contributed by atoms with van der Waals surface area (Å²) in [6, 6.07) is 9.84. The molecular weight excluding hydrogens is 262 g/mol. The van der Waals surface area contributed by atoms with Gasteiger partial charge in [-0.3, -0.25) is 4.68 Å². The Labute approximate surface area is 115 Å².